The van der Waals surface area contributed by atoms with E-state index in [4.69, 9.17) is 4.74 Å². The van der Waals surface area contributed by atoms with E-state index in [1.54, 1.807) is 11.3 Å². The van der Waals surface area contributed by atoms with Gasteiger partial charge >= 0.3 is 0 Å². The maximum atomic E-state index is 12.4. The number of carbonyl (C=O) groups excluding carboxylic acids is 1. The summed E-state index contributed by atoms with van der Waals surface area (Å²) < 4.78 is 6.39. The van der Waals surface area contributed by atoms with Crippen LogP contribution in [0.15, 0.2) is 15.9 Å². The van der Waals surface area contributed by atoms with Crippen LogP contribution in [0, 0.1) is 6.92 Å². The van der Waals surface area contributed by atoms with Gasteiger partial charge in [-0.1, -0.05) is 0 Å². The third-order valence-corrected chi connectivity index (χ3v) is 6.55. The molecule has 0 spiro atoms. The van der Waals surface area contributed by atoms with Crippen LogP contribution < -0.4 is 5.32 Å². The van der Waals surface area contributed by atoms with Crippen molar-refractivity contribution in [2.75, 3.05) is 39.4 Å². The van der Waals surface area contributed by atoms with Crippen LogP contribution in [0.5, 0.6) is 0 Å². The maximum absolute atomic E-state index is 12.4. The highest BCUT2D eigenvalue weighted by Crippen LogP contribution is 2.34. The number of hydrogen-bond donors (Lipinski definition) is 1. The van der Waals surface area contributed by atoms with Gasteiger partial charge in [-0.2, -0.15) is 0 Å². The zero-order valence-corrected chi connectivity index (χ0v) is 16.0. The third-order valence-electron chi connectivity index (χ3n) is 3.60. The fourth-order valence-corrected chi connectivity index (χ4v) is 4.80. The van der Waals surface area contributed by atoms with Gasteiger partial charge in [0.15, 0.2) is 0 Å². The molecule has 23 heavy (non-hydrogen) atoms. The van der Waals surface area contributed by atoms with Crippen molar-refractivity contribution in [3.05, 3.63) is 26.5 Å². The molecule has 0 saturated carbocycles. The highest BCUT2D eigenvalue weighted by Gasteiger charge is 2.17. The molecule has 3 heterocycles. The molecule has 0 radical (unpaired) electrons. The summed E-state index contributed by atoms with van der Waals surface area (Å²) in [7, 11) is 0. The highest BCUT2D eigenvalue weighted by atomic mass is 79.9. The Labute approximate surface area is 151 Å². The molecule has 1 aliphatic rings. The van der Waals surface area contributed by atoms with Crippen LogP contribution in [0.2, 0.25) is 0 Å². The Balaban J connectivity index is 1.57. The molecule has 5 nitrogen and oxygen atoms in total. The Kier molecular flexibility index (Phi) is 5.81. The summed E-state index contributed by atoms with van der Waals surface area (Å²) in [6.45, 7) is 6.83. The topological polar surface area (TPSA) is 54.5 Å². The molecule has 2 aromatic rings. The van der Waals surface area contributed by atoms with Crippen molar-refractivity contribution in [1.82, 2.24) is 15.2 Å². The first kappa shape index (κ1) is 17.0. The Morgan fingerprint density at radius 3 is 2.87 bits per heavy atom. The third kappa shape index (κ3) is 4.39. The van der Waals surface area contributed by atoms with Crippen LogP contribution in [0.25, 0.3) is 9.88 Å². The van der Waals surface area contributed by atoms with E-state index in [1.807, 2.05) is 19.1 Å². The summed E-state index contributed by atoms with van der Waals surface area (Å²) in [4.78, 5) is 21.0. The summed E-state index contributed by atoms with van der Waals surface area (Å²) in [5.41, 5.74) is 0.790. The molecule has 1 saturated heterocycles. The molecule has 1 amide bonds. The van der Waals surface area contributed by atoms with Crippen molar-refractivity contribution in [3.8, 4) is 9.88 Å². The van der Waals surface area contributed by atoms with Crippen molar-refractivity contribution in [2.24, 2.45) is 0 Å². The second kappa shape index (κ2) is 7.85. The largest absolute Gasteiger partial charge is 0.379 e. The van der Waals surface area contributed by atoms with Gasteiger partial charge in [-0.05, 0) is 35.0 Å². The molecule has 3 rings (SSSR count). The molecule has 124 valence electrons. The lowest BCUT2D eigenvalue weighted by Gasteiger charge is -2.26. The summed E-state index contributed by atoms with van der Waals surface area (Å²) >= 11 is 6.54. The van der Waals surface area contributed by atoms with Gasteiger partial charge in [0, 0.05) is 26.2 Å². The quantitative estimate of drug-likeness (QED) is 0.815. The molecule has 1 aliphatic heterocycles. The molecule has 1 N–H and O–H groups in total. The Hall–Kier alpha value is -0.800. The minimum Gasteiger partial charge on any atom is -0.379 e. The first-order valence-corrected chi connectivity index (χ1v) is 9.87. The SMILES string of the molecule is Cc1nc(-c2ccc(Br)s2)sc1C(=O)NCCN1CCOCC1. The Morgan fingerprint density at radius 1 is 1.39 bits per heavy atom. The number of nitrogens with one attached hydrogen (secondary N) is 1. The van der Waals surface area contributed by atoms with E-state index in [-0.39, 0.29) is 5.91 Å². The minimum atomic E-state index is -0.0323. The van der Waals surface area contributed by atoms with Crippen LogP contribution in [-0.4, -0.2) is 55.2 Å². The lowest BCUT2D eigenvalue weighted by Crippen LogP contribution is -2.41. The number of thiophene rings is 1. The lowest BCUT2D eigenvalue weighted by molar-refractivity contribution is 0.0383. The predicted molar refractivity (Wildman–Crippen MR) is 97.5 cm³/mol. The van der Waals surface area contributed by atoms with Crippen LogP contribution >= 0.6 is 38.6 Å². The average Bonchev–Trinajstić information content (AvgIpc) is 3.14. The molecule has 2 aromatic heterocycles. The van der Waals surface area contributed by atoms with E-state index < -0.39 is 0 Å². The van der Waals surface area contributed by atoms with Crippen LogP contribution in [-0.2, 0) is 4.74 Å². The van der Waals surface area contributed by atoms with E-state index in [0.29, 0.717) is 11.4 Å². The van der Waals surface area contributed by atoms with Gasteiger partial charge in [-0.25, -0.2) is 4.98 Å². The van der Waals surface area contributed by atoms with Gasteiger partial charge in [-0.15, -0.1) is 22.7 Å². The summed E-state index contributed by atoms with van der Waals surface area (Å²) in [5.74, 6) is -0.0323. The lowest BCUT2D eigenvalue weighted by atomic mass is 10.3. The number of hydrogen-bond acceptors (Lipinski definition) is 6. The molecule has 0 atom stereocenters. The smallest absolute Gasteiger partial charge is 0.263 e. The van der Waals surface area contributed by atoms with Gasteiger partial charge < -0.3 is 10.1 Å². The number of aryl methyl sites for hydroxylation is 1. The van der Waals surface area contributed by atoms with E-state index in [2.05, 4.69) is 31.1 Å². The first-order valence-electron chi connectivity index (χ1n) is 7.45. The van der Waals surface area contributed by atoms with Crippen molar-refractivity contribution in [3.63, 3.8) is 0 Å². The fraction of sp³-hybridized carbons (Fsp3) is 0.467. The standard InChI is InChI=1S/C15H18BrN3O2S2/c1-10-13(23-15(18-10)11-2-3-12(16)22-11)14(20)17-4-5-19-6-8-21-9-7-19/h2-3H,4-9H2,1H3,(H,17,20). The average molecular weight is 416 g/mol. The molecule has 8 heteroatoms. The number of thiazole rings is 1. The van der Waals surface area contributed by atoms with E-state index in [9.17, 15) is 4.79 Å². The van der Waals surface area contributed by atoms with Crippen molar-refractivity contribution in [2.45, 2.75) is 6.92 Å². The van der Waals surface area contributed by atoms with Crippen LogP contribution in [0.3, 0.4) is 0 Å². The number of halogens is 1. The maximum Gasteiger partial charge on any atom is 0.263 e. The molecule has 0 unspecified atom stereocenters. The molecule has 1 fully saturated rings. The van der Waals surface area contributed by atoms with Gasteiger partial charge in [0.05, 0.1) is 27.6 Å². The van der Waals surface area contributed by atoms with Crippen LogP contribution in [0.4, 0.5) is 0 Å². The van der Waals surface area contributed by atoms with Gasteiger partial charge in [0.2, 0.25) is 0 Å². The normalized spacial score (nSPS) is 15.7. The van der Waals surface area contributed by atoms with Crippen molar-refractivity contribution < 1.29 is 9.53 Å². The number of carbonyl (C=O) groups is 1. The summed E-state index contributed by atoms with van der Waals surface area (Å²) in [6, 6.07) is 4.02. The molecular weight excluding hydrogens is 398 g/mol. The Bertz CT molecular complexity index is 680. The highest BCUT2D eigenvalue weighted by molar-refractivity contribution is 9.11. The van der Waals surface area contributed by atoms with E-state index >= 15 is 0 Å². The number of ether oxygens (including phenoxy) is 1. The number of rotatable bonds is 5. The minimum absolute atomic E-state index is 0.0323. The van der Waals surface area contributed by atoms with Gasteiger partial charge in [0.25, 0.3) is 5.91 Å². The van der Waals surface area contributed by atoms with Crippen molar-refractivity contribution >= 4 is 44.5 Å². The predicted octanol–water partition coefficient (Wildman–Crippen LogP) is 3.00. The monoisotopic (exact) mass is 415 g/mol. The number of nitrogens with zero attached hydrogens (tertiary/aromatic N) is 2. The number of amides is 1. The summed E-state index contributed by atoms with van der Waals surface area (Å²) in [5, 5.41) is 3.90. The second-order valence-electron chi connectivity index (χ2n) is 5.25. The van der Waals surface area contributed by atoms with Gasteiger partial charge in [0.1, 0.15) is 9.88 Å². The Morgan fingerprint density at radius 2 is 2.17 bits per heavy atom. The first-order chi connectivity index (χ1) is 11.1. The van der Waals surface area contributed by atoms with E-state index in [0.717, 1.165) is 52.2 Å². The summed E-state index contributed by atoms with van der Waals surface area (Å²) in [6.07, 6.45) is 0. The zero-order valence-electron chi connectivity index (χ0n) is 12.8. The second-order valence-corrected chi connectivity index (χ2v) is 8.71. The van der Waals surface area contributed by atoms with Crippen molar-refractivity contribution in [1.29, 1.82) is 0 Å². The molecule has 0 bridgehead atoms. The van der Waals surface area contributed by atoms with Gasteiger partial charge in [-0.3, -0.25) is 9.69 Å². The zero-order chi connectivity index (χ0) is 16.2. The van der Waals surface area contributed by atoms with Crippen LogP contribution in [0.1, 0.15) is 15.4 Å². The molecular formula is C15H18BrN3O2S2. The fourth-order valence-electron chi connectivity index (χ4n) is 2.37. The molecule has 0 aromatic carbocycles. The molecule has 0 aliphatic carbocycles. The van der Waals surface area contributed by atoms with E-state index in [1.165, 1.54) is 11.3 Å². The number of morpholine rings is 1. The number of aromatic nitrogens is 1.